The Morgan fingerprint density at radius 1 is 1.20 bits per heavy atom. The molecule has 1 saturated carbocycles. The Hall–Kier alpha value is -0.0400. The second kappa shape index (κ2) is 2.23. The first-order valence-corrected chi connectivity index (χ1v) is 4.44. The van der Waals surface area contributed by atoms with Gasteiger partial charge < -0.3 is 4.90 Å². The van der Waals surface area contributed by atoms with Gasteiger partial charge in [-0.2, -0.15) is 0 Å². The van der Waals surface area contributed by atoms with Crippen molar-refractivity contribution in [1.82, 2.24) is 4.90 Å². The molecule has 1 aliphatic heterocycles. The van der Waals surface area contributed by atoms with Gasteiger partial charge in [0.05, 0.1) is 0 Å². The smallest absolute Gasteiger partial charge is 0.000938 e. The minimum absolute atomic E-state index is 1.01. The minimum Gasteiger partial charge on any atom is -0.306 e. The molecule has 0 aromatic carbocycles. The van der Waals surface area contributed by atoms with Crippen LogP contribution in [0.3, 0.4) is 0 Å². The van der Waals surface area contributed by atoms with Gasteiger partial charge in [0.1, 0.15) is 0 Å². The second-order valence-electron chi connectivity index (χ2n) is 4.30. The van der Waals surface area contributed by atoms with Crippen molar-refractivity contribution in [2.75, 3.05) is 20.1 Å². The van der Waals surface area contributed by atoms with E-state index in [-0.39, 0.29) is 0 Å². The van der Waals surface area contributed by atoms with Crippen LogP contribution in [0.15, 0.2) is 0 Å². The van der Waals surface area contributed by atoms with E-state index in [1.165, 1.54) is 25.9 Å². The molecule has 0 spiro atoms. The zero-order valence-corrected chi connectivity index (χ0v) is 7.01. The lowest BCUT2D eigenvalue weighted by Gasteiger charge is -2.28. The van der Waals surface area contributed by atoms with Crippen molar-refractivity contribution in [3.8, 4) is 0 Å². The van der Waals surface area contributed by atoms with Crippen LogP contribution in [0.4, 0.5) is 0 Å². The number of rotatable bonds is 0. The molecule has 2 aliphatic rings. The standard InChI is InChI=1S/C9H17N/c1-7-3-8-4-9(7)6-10(2)5-8/h7-9H,3-6H2,1-2H3. The third-order valence-corrected chi connectivity index (χ3v) is 3.26. The summed E-state index contributed by atoms with van der Waals surface area (Å²) in [7, 11) is 2.26. The normalized spacial score (nSPS) is 48.0. The van der Waals surface area contributed by atoms with Crippen LogP contribution in [0, 0.1) is 17.8 Å². The predicted molar refractivity (Wildman–Crippen MR) is 42.9 cm³/mol. The third-order valence-electron chi connectivity index (χ3n) is 3.26. The molecule has 0 radical (unpaired) electrons. The van der Waals surface area contributed by atoms with Crippen molar-refractivity contribution in [3.63, 3.8) is 0 Å². The van der Waals surface area contributed by atoms with Crippen molar-refractivity contribution < 1.29 is 0 Å². The summed E-state index contributed by atoms with van der Waals surface area (Å²) in [6, 6.07) is 0. The maximum absolute atomic E-state index is 2.50. The molecule has 0 aromatic rings. The number of hydrogen-bond acceptors (Lipinski definition) is 1. The highest BCUT2D eigenvalue weighted by molar-refractivity contribution is 4.88. The molecule has 1 nitrogen and oxygen atoms in total. The van der Waals surface area contributed by atoms with Gasteiger partial charge >= 0.3 is 0 Å². The molecule has 3 atom stereocenters. The molecule has 2 fully saturated rings. The molecule has 1 heteroatoms. The van der Waals surface area contributed by atoms with Crippen LogP contribution in [-0.4, -0.2) is 25.0 Å². The summed E-state index contributed by atoms with van der Waals surface area (Å²) in [6.45, 7) is 5.14. The lowest BCUT2D eigenvalue weighted by atomic mass is 9.96. The van der Waals surface area contributed by atoms with Gasteiger partial charge in [-0.25, -0.2) is 0 Å². The fourth-order valence-electron chi connectivity index (χ4n) is 2.79. The lowest BCUT2D eigenvalue weighted by molar-refractivity contribution is 0.194. The van der Waals surface area contributed by atoms with Crippen LogP contribution in [0.5, 0.6) is 0 Å². The van der Waals surface area contributed by atoms with Crippen LogP contribution in [0.1, 0.15) is 19.8 Å². The number of likely N-dealkylation sites (tertiary alicyclic amines) is 1. The van der Waals surface area contributed by atoms with E-state index in [1.807, 2.05) is 0 Å². The average molecular weight is 139 g/mol. The summed E-state index contributed by atoms with van der Waals surface area (Å²) >= 11 is 0. The summed E-state index contributed by atoms with van der Waals surface area (Å²) < 4.78 is 0. The lowest BCUT2D eigenvalue weighted by Crippen LogP contribution is -2.33. The van der Waals surface area contributed by atoms with Crippen LogP contribution in [-0.2, 0) is 0 Å². The van der Waals surface area contributed by atoms with Gasteiger partial charge in [-0.1, -0.05) is 6.92 Å². The van der Waals surface area contributed by atoms with E-state index in [2.05, 4.69) is 18.9 Å². The van der Waals surface area contributed by atoms with E-state index >= 15 is 0 Å². The number of hydrogen-bond donors (Lipinski definition) is 0. The second-order valence-corrected chi connectivity index (χ2v) is 4.30. The van der Waals surface area contributed by atoms with Crippen molar-refractivity contribution in [2.24, 2.45) is 17.8 Å². The van der Waals surface area contributed by atoms with Crippen LogP contribution < -0.4 is 0 Å². The SMILES string of the molecule is CC1CC2CC1CN(C)C2. The van der Waals surface area contributed by atoms with Crippen molar-refractivity contribution >= 4 is 0 Å². The zero-order chi connectivity index (χ0) is 7.14. The van der Waals surface area contributed by atoms with Crippen LogP contribution >= 0.6 is 0 Å². The highest BCUT2D eigenvalue weighted by Gasteiger charge is 2.36. The maximum Gasteiger partial charge on any atom is 0.000938 e. The van der Waals surface area contributed by atoms with Gasteiger partial charge in [0.25, 0.3) is 0 Å². The van der Waals surface area contributed by atoms with Gasteiger partial charge in [0.2, 0.25) is 0 Å². The average Bonchev–Trinajstić information content (AvgIpc) is 2.07. The Morgan fingerprint density at radius 3 is 2.70 bits per heavy atom. The molecule has 0 N–H and O–H groups in total. The quantitative estimate of drug-likeness (QED) is 0.492. The molecule has 1 heterocycles. The Bertz CT molecular complexity index is 128. The molecular weight excluding hydrogens is 122 g/mol. The fourth-order valence-corrected chi connectivity index (χ4v) is 2.79. The minimum atomic E-state index is 1.01. The van der Waals surface area contributed by atoms with Gasteiger partial charge in [0.15, 0.2) is 0 Å². The van der Waals surface area contributed by atoms with E-state index < -0.39 is 0 Å². The Morgan fingerprint density at radius 2 is 2.00 bits per heavy atom. The van der Waals surface area contributed by atoms with E-state index in [4.69, 9.17) is 0 Å². The summed E-state index contributed by atoms with van der Waals surface area (Å²) in [5.74, 6) is 3.08. The number of fused-ring (bicyclic) bond motifs is 2. The fraction of sp³-hybridized carbons (Fsp3) is 1.00. The maximum atomic E-state index is 2.50. The molecule has 0 aromatic heterocycles. The van der Waals surface area contributed by atoms with E-state index in [0.29, 0.717) is 0 Å². The van der Waals surface area contributed by atoms with E-state index in [0.717, 1.165) is 17.8 Å². The molecule has 2 bridgehead atoms. The first-order valence-electron chi connectivity index (χ1n) is 4.44. The Labute approximate surface area is 63.4 Å². The molecule has 10 heavy (non-hydrogen) atoms. The molecule has 3 unspecified atom stereocenters. The predicted octanol–water partition coefficient (Wildman–Crippen LogP) is 1.59. The van der Waals surface area contributed by atoms with Crippen molar-refractivity contribution in [2.45, 2.75) is 19.8 Å². The first-order chi connectivity index (χ1) is 4.75. The molecule has 1 saturated heterocycles. The van der Waals surface area contributed by atoms with Gasteiger partial charge in [0, 0.05) is 13.1 Å². The highest BCUT2D eigenvalue weighted by Crippen LogP contribution is 2.39. The Balaban J connectivity index is 2.06. The summed E-state index contributed by atoms with van der Waals surface area (Å²) in [6.07, 6.45) is 3.01. The molecular formula is C9H17N. The first kappa shape index (κ1) is 6.66. The highest BCUT2D eigenvalue weighted by atomic mass is 15.1. The summed E-state index contributed by atoms with van der Waals surface area (Å²) in [5.41, 5.74) is 0. The largest absolute Gasteiger partial charge is 0.306 e. The zero-order valence-electron chi connectivity index (χ0n) is 7.01. The number of piperidine rings is 1. The van der Waals surface area contributed by atoms with Crippen molar-refractivity contribution in [3.05, 3.63) is 0 Å². The topological polar surface area (TPSA) is 3.24 Å². The molecule has 0 amide bonds. The van der Waals surface area contributed by atoms with Gasteiger partial charge in [-0.3, -0.25) is 0 Å². The molecule has 2 rings (SSSR count). The summed E-state index contributed by atoms with van der Waals surface area (Å²) in [5, 5.41) is 0. The van der Waals surface area contributed by atoms with Gasteiger partial charge in [-0.05, 0) is 37.6 Å². The monoisotopic (exact) mass is 139 g/mol. The third kappa shape index (κ3) is 0.968. The number of nitrogens with zero attached hydrogens (tertiary/aromatic N) is 1. The van der Waals surface area contributed by atoms with E-state index in [9.17, 15) is 0 Å². The molecule has 58 valence electrons. The molecule has 1 aliphatic carbocycles. The van der Waals surface area contributed by atoms with Crippen LogP contribution in [0.25, 0.3) is 0 Å². The van der Waals surface area contributed by atoms with Crippen LogP contribution in [0.2, 0.25) is 0 Å². The van der Waals surface area contributed by atoms with Gasteiger partial charge in [-0.15, -0.1) is 0 Å². The Kier molecular flexibility index (Phi) is 1.48. The summed E-state index contributed by atoms with van der Waals surface area (Å²) in [4.78, 5) is 2.50. The van der Waals surface area contributed by atoms with E-state index in [1.54, 1.807) is 0 Å². The van der Waals surface area contributed by atoms with Crippen molar-refractivity contribution in [1.29, 1.82) is 0 Å².